The minimum absolute atomic E-state index is 0.153. The average Bonchev–Trinajstić information content (AvgIpc) is 3.05. The van der Waals surface area contributed by atoms with Crippen molar-refractivity contribution < 1.29 is 9.50 Å². The molecule has 2 unspecified atom stereocenters. The van der Waals surface area contributed by atoms with E-state index < -0.39 is 18.0 Å². The summed E-state index contributed by atoms with van der Waals surface area (Å²) in [7, 11) is 0. The molecule has 2 aromatic heterocycles. The molecular formula is C17H14ClFN2OS. The van der Waals surface area contributed by atoms with Crippen molar-refractivity contribution in [2.24, 2.45) is 5.73 Å². The van der Waals surface area contributed by atoms with Gasteiger partial charge >= 0.3 is 0 Å². The summed E-state index contributed by atoms with van der Waals surface area (Å²) in [6.07, 6.45) is -1.32. The van der Waals surface area contributed by atoms with Gasteiger partial charge in [0, 0.05) is 10.6 Å². The van der Waals surface area contributed by atoms with Crippen LogP contribution in [0.2, 0.25) is 5.02 Å². The summed E-state index contributed by atoms with van der Waals surface area (Å²) in [5.41, 5.74) is 7.07. The molecular weight excluding hydrogens is 335 g/mol. The Hall–Kier alpha value is -1.79. The minimum Gasteiger partial charge on any atom is -0.378 e. The monoisotopic (exact) mass is 348 g/mol. The van der Waals surface area contributed by atoms with Crippen LogP contribution in [0, 0.1) is 5.82 Å². The molecule has 0 fully saturated rings. The maximum Gasteiger partial charge on any atom is 0.128 e. The van der Waals surface area contributed by atoms with Gasteiger partial charge in [0.15, 0.2) is 0 Å². The number of benzene rings is 1. The van der Waals surface area contributed by atoms with Crippen molar-refractivity contribution in [3.63, 3.8) is 0 Å². The van der Waals surface area contributed by atoms with Crippen LogP contribution in [-0.2, 0) is 0 Å². The molecule has 23 heavy (non-hydrogen) atoms. The predicted molar refractivity (Wildman–Crippen MR) is 91.0 cm³/mol. The number of nitrogens with two attached hydrogens (primary N) is 1. The molecule has 3 aromatic rings. The Morgan fingerprint density at radius 1 is 1.13 bits per heavy atom. The van der Waals surface area contributed by atoms with Gasteiger partial charge < -0.3 is 10.8 Å². The standard InChI is InChI=1S/C17H14ClFN2OS/c18-10-4-1-5-11(19)15(10)16(17(20)22)13-7-2-6-12(21-13)14-8-3-9-23-14/h1-9,16-17,22H,20H2. The lowest BCUT2D eigenvalue weighted by Crippen LogP contribution is -2.30. The Balaban J connectivity index is 2.11. The first-order chi connectivity index (χ1) is 11.1. The molecule has 0 saturated heterocycles. The van der Waals surface area contributed by atoms with Crippen LogP contribution in [0.4, 0.5) is 4.39 Å². The second-order valence-electron chi connectivity index (χ2n) is 5.03. The van der Waals surface area contributed by atoms with E-state index in [2.05, 4.69) is 4.98 Å². The highest BCUT2D eigenvalue weighted by molar-refractivity contribution is 7.13. The lowest BCUT2D eigenvalue weighted by atomic mass is 9.92. The quantitative estimate of drug-likeness (QED) is 0.700. The van der Waals surface area contributed by atoms with E-state index in [-0.39, 0.29) is 10.6 Å². The molecule has 0 radical (unpaired) electrons. The number of aliphatic hydroxyl groups excluding tert-OH is 1. The van der Waals surface area contributed by atoms with Gasteiger partial charge in [0.2, 0.25) is 0 Å². The summed E-state index contributed by atoms with van der Waals surface area (Å²) in [6.45, 7) is 0. The van der Waals surface area contributed by atoms with Crippen molar-refractivity contribution >= 4 is 22.9 Å². The number of aromatic nitrogens is 1. The smallest absolute Gasteiger partial charge is 0.128 e. The molecule has 6 heteroatoms. The molecule has 2 heterocycles. The Kier molecular flexibility index (Phi) is 4.73. The van der Waals surface area contributed by atoms with E-state index in [0.29, 0.717) is 5.69 Å². The van der Waals surface area contributed by atoms with Gasteiger partial charge in [-0.05, 0) is 35.7 Å². The van der Waals surface area contributed by atoms with Crippen LogP contribution in [0.1, 0.15) is 17.2 Å². The Morgan fingerprint density at radius 2 is 1.91 bits per heavy atom. The van der Waals surface area contributed by atoms with E-state index in [1.54, 1.807) is 23.5 Å². The van der Waals surface area contributed by atoms with Crippen LogP contribution in [0.5, 0.6) is 0 Å². The Labute approximate surface area is 142 Å². The first kappa shape index (κ1) is 16.1. The van der Waals surface area contributed by atoms with E-state index in [4.69, 9.17) is 17.3 Å². The summed E-state index contributed by atoms with van der Waals surface area (Å²) in [5.74, 6) is -1.36. The van der Waals surface area contributed by atoms with E-state index in [1.165, 1.54) is 12.1 Å². The number of thiophene rings is 1. The fourth-order valence-corrected chi connectivity index (χ4v) is 3.46. The van der Waals surface area contributed by atoms with E-state index in [0.717, 1.165) is 10.6 Å². The highest BCUT2D eigenvalue weighted by Gasteiger charge is 2.27. The molecule has 0 saturated carbocycles. The second kappa shape index (κ2) is 6.76. The summed E-state index contributed by atoms with van der Waals surface area (Å²) in [4.78, 5) is 5.52. The number of nitrogens with zero attached hydrogens (tertiary/aromatic N) is 1. The molecule has 0 aliphatic carbocycles. The number of aliphatic hydroxyl groups is 1. The fraction of sp³-hybridized carbons (Fsp3) is 0.118. The molecule has 0 aliphatic heterocycles. The van der Waals surface area contributed by atoms with Crippen molar-refractivity contribution in [1.29, 1.82) is 0 Å². The largest absolute Gasteiger partial charge is 0.378 e. The molecule has 118 valence electrons. The molecule has 1 aromatic carbocycles. The number of rotatable bonds is 4. The molecule has 0 bridgehead atoms. The lowest BCUT2D eigenvalue weighted by molar-refractivity contribution is 0.161. The van der Waals surface area contributed by atoms with Gasteiger partial charge in [-0.2, -0.15) is 0 Å². The molecule has 0 amide bonds. The zero-order valence-electron chi connectivity index (χ0n) is 12.0. The number of pyridine rings is 1. The second-order valence-corrected chi connectivity index (χ2v) is 6.38. The van der Waals surface area contributed by atoms with Gasteiger partial charge in [-0.1, -0.05) is 29.8 Å². The van der Waals surface area contributed by atoms with E-state index in [1.807, 2.05) is 29.6 Å². The van der Waals surface area contributed by atoms with Gasteiger partial charge in [-0.15, -0.1) is 11.3 Å². The van der Waals surface area contributed by atoms with Crippen LogP contribution >= 0.6 is 22.9 Å². The zero-order chi connectivity index (χ0) is 16.4. The normalized spacial score (nSPS) is 13.7. The molecule has 3 N–H and O–H groups in total. The summed E-state index contributed by atoms with van der Waals surface area (Å²) in [5, 5.41) is 12.2. The van der Waals surface area contributed by atoms with Crippen molar-refractivity contribution in [3.05, 3.63) is 76.0 Å². The third kappa shape index (κ3) is 3.28. The first-order valence-corrected chi connectivity index (χ1v) is 8.22. The van der Waals surface area contributed by atoms with Gasteiger partial charge in [-0.3, -0.25) is 4.98 Å². The Morgan fingerprint density at radius 3 is 2.57 bits per heavy atom. The molecule has 3 nitrogen and oxygen atoms in total. The molecule has 2 atom stereocenters. The van der Waals surface area contributed by atoms with Gasteiger partial charge in [0.1, 0.15) is 12.0 Å². The van der Waals surface area contributed by atoms with Crippen LogP contribution in [0.3, 0.4) is 0 Å². The topological polar surface area (TPSA) is 59.1 Å². The zero-order valence-corrected chi connectivity index (χ0v) is 13.6. The minimum atomic E-state index is -1.32. The summed E-state index contributed by atoms with van der Waals surface area (Å²) in [6, 6.07) is 13.6. The SMILES string of the molecule is NC(O)C(c1cccc(-c2cccs2)n1)c1c(F)cccc1Cl. The predicted octanol–water partition coefficient (Wildman–Crippen LogP) is 4.01. The van der Waals surface area contributed by atoms with E-state index in [9.17, 15) is 9.50 Å². The maximum absolute atomic E-state index is 14.2. The first-order valence-electron chi connectivity index (χ1n) is 6.96. The van der Waals surface area contributed by atoms with Crippen molar-refractivity contribution in [3.8, 4) is 10.6 Å². The van der Waals surface area contributed by atoms with E-state index >= 15 is 0 Å². The molecule has 0 spiro atoms. The van der Waals surface area contributed by atoms with Crippen molar-refractivity contribution in [2.45, 2.75) is 12.1 Å². The highest BCUT2D eigenvalue weighted by atomic mass is 35.5. The molecule has 3 rings (SSSR count). The van der Waals surface area contributed by atoms with Gasteiger partial charge in [0.05, 0.1) is 22.2 Å². The Bertz CT molecular complexity index is 788. The third-order valence-electron chi connectivity index (χ3n) is 3.52. The molecule has 0 aliphatic rings. The number of hydrogen-bond acceptors (Lipinski definition) is 4. The van der Waals surface area contributed by atoms with Crippen LogP contribution in [-0.4, -0.2) is 16.3 Å². The average molecular weight is 349 g/mol. The third-order valence-corrected chi connectivity index (χ3v) is 4.74. The maximum atomic E-state index is 14.2. The number of halogens is 2. The van der Waals surface area contributed by atoms with Crippen molar-refractivity contribution in [1.82, 2.24) is 4.98 Å². The van der Waals surface area contributed by atoms with Crippen molar-refractivity contribution in [2.75, 3.05) is 0 Å². The number of hydrogen-bond donors (Lipinski definition) is 2. The lowest BCUT2D eigenvalue weighted by Gasteiger charge is -2.22. The van der Waals surface area contributed by atoms with Gasteiger partial charge in [0.25, 0.3) is 0 Å². The van der Waals surface area contributed by atoms with Gasteiger partial charge in [-0.25, -0.2) is 4.39 Å². The summed E-state index contributed by atoms with van der Waals surface area (Å²) < 4.78 is 14.2. The van der Waals surface area contributed by atoms with Crippen LogP contribution in [0.15, 0.2) is 53.9 Å². The van der Waals surface area contributed by atoms with Crippen LogP contribution < -0.4 is 5.73 Å². The highest BCUT2D eigenvalue weighted by Crippen LogP contribution is 2.34. The summed E-state index contributed by atoms with van der Waals surface area (Å²) >= 11 is 7.68. The van der Waals surface area contributed by atoms with Crippen LogP contribution in [0.25, 0.3) is 10.6 Å². The fourth-order valence-electron chi connectivity index (χ4n) is 2.49.